The van der Waals surface area contributed by atoms with Gasteiger partial charge in [-0.05, 0) is 19.3 Å². The Hall–Kier alpha value is -2.11. The molecule has 0 aliphatic carbocycles. The quantitative estimate of drug-likeness (QED) is 0.0929. The van der Waals surface area contributed by atoms with Gasteiger partial charge < -0.3 is 15.3 Å². The minimum absolute atomic E-state index is 0.343. The Morgan fingerprint density at radius 1 is 0.556 bits per heavy atom. The van der Waals surface area contributed by atoms with Crippen molar-refractivity contribution in [3.8, 4) is 0 Å². The molecule has 0 saturated heterocycles. The monoisotopic (exact) mass is 512 g/mol. The van der Waals surface area contributed by atoms with Gasteiger partial charge in [0.1, 0.15) is 0 Å². The van der Waals surface area contributed by atoms with E-state index in [0.29, 0.717) is 18.4 Å². The van der Waals surface area contributed by atoms with E-state index >= 15 is 0 Å². The molecule has 0 amide bonds. The molecule has 0 aromatic heterocycles. The second-order valence-electron chi connectivity index (χ2n) is 9.36. The molecular weight excluding hydrogens is 456 g/mol. The number of hydrogen-bond donors (Lipinski definition) is 3. The van der Waals surface area contributed by atoms with E-state index < -0.39 is 17.9 Å². The fraction of sp³-hybridized carbons (Fsp3) is 0.767. The van der Waals surface area contributed by atoms with Gasteiger partial charge in [0.25, 0.3) is 0 Å². The molecule has 0 aromatic rings. The summed E-state index contributed by atoms with van der Waals surface area (Å²) in [6, 6.07) is 0. The van der Waals surface area contributed by atoms with Crippen LogP contribution in [-0.4, -0.2) is 33.2 Å². The minimum Gasteiger partial charge on any atom is -0.481 e. The predicted molar refractivity (Wildman–Crippen MR) is 151 cm³/mol. The van der Waals surface area contributed by atoms with E-state index in [4.69, 9.17) is 15.3 Å². The SMILES string of the molecule is C=C(CCCCCCCCCCCC)C(=O)O.C=CC(=O)O.CCCCCCCCCCCC(=O)O. The van der Waals surface area contributed by atoms with Crippen molar-refractivity contribution in [1.29, 1.82) is 0 Å². The normalized spacial score (nSPS) is 9.83. The van der Waals surface area contributed by atoms with Crippen molar-refractivity contribution in [1.82, 2.24) is 0 Å². The van der Waals surface area contributed by atoms with Gasteiger partial charge >= 0.3 is 17.9 Å². The second kappa shape index (κ2) is 32.9. The molecule has 0 unspecified atom stereocenters. The summed E-state index contributed by atoms with van der Waals surface area (Å²) < 4.78 is 0. The Labute approximate surface area is 221 Å². The largest absolute Gasteiger partial charge is 0.481 e. The highest BCUT2D eigenvalue weighted by molar-refractivity contribution is 5.85. The van der Waals surface area contributed by atoms with E-state index in [2.05, 4.69) is 27.0 Å². The lowest BCUT2D eigenvalue weighted by atomic mass is 10.0. The first-order valence-electron chi connectivity index (χ1n) is 14.2. The summed E-state index contributed by atoms with van der Waals surface area (Å²) in [4.78, 5) is 29.9. The zero-order valence-electron chi connectivity index (χ0n) is 23.4. The average molecular weight is 513 g/mol. The molecule has 36 heavy (non-hydrogen) atoms. The van der Waals surface area contributed by atoms with Gasteiger partial charge in [-0.2, -0.15) is 0 Å². The molecule has 6 heteroatoms. The Morgan fingerprint density at radius 2 is 0.833 bits per heavy atom. The summed E-state index contributed by atoms with van der Waals surface area (Å²) in [5, 5.41) is 24.6. The molecule has 0 atom stereocenters. The first-order chi connectivity index (χ1) is 17.2. The van der Waals surface area contributed by atoms with Crippen LogP contribution in [0, 0.1) is 0 Å². The van der Waals surface area contributed by atoms with Crippen LogP contribution in [-0.2, 0) is 14.4 Å². The molecule has 0 aliphatic heterocycles. The molecule has 0 saturated carbocycles. The molecule has 0 aliphatic rings. The second-order valence-corrected chi connectivity index (χ2v) is 9.36. The standard InChI is InChI=1S/C15H28O2.C12H24O2.C3H4O2/c1-3-4-5-6-7-8-9-10-11-12-13-14(2)15(16)17;1-2-3-4-5-6-7-8-9-10-11-12(13)14;1-2-3(4)5/h2-13H2,1H3,(H,16,17);2-11H2,1H3,(H,13,14);2H,1H2,(H,4,5). The van der Waals surface area contributed by atoms with E-state index in [1.54, 1.807) is 0 Å². The minimum atomic E-state index is -0.981. The van der Waals surface area contributed by atoms with E-state index in [9.17, 15) is 14.4 Å². The molecular formula is C30H56O6. The molecule has 0 heterocycles. The van der Waals surface area contributed by atoms with Crippen molar-refractivity contribution in [2.75, 3.05) is 0 Å². The van der Waals surface area contributed by atoms with Crippen LogP contribution in [0.5, 0.6) is 0 Å². The van der Waals surface area contributed by atoms with Gasteiger partial charge in [-0.25, -0.2) is 9.59 Å². The van der Waals surface area contributed by atoms with Crippen molar-refractivity contribution in [2.45, 2.75) is 149 Å². The van der Waals surface area contributed by atoms with Crippen molar-refractivity contribution in [3.63, 3.8) is 0 Å². The average Bonchev–Trinajstić information content (AvgIpc) is 2.84. The Morgan fingerprint density at radius 3 is 1.08 bits per heavy atom. The maximum absolute atomic E-state index is 10.5. The van der Waals surface area contributed by atoms with Crippen molar-refractivity contribution < 1.29 is 29.7 Å². The molecule has 212 valence electrons. The Balaban J connectivity index is -0.000000515. The van der Waals surface area contributed by atoms with Crippen LogP contribution in [0.2, 0.25) is 0 Å². The van der Waals surface area contributed by atoms with Gasteiger partial charge in [0.2, 0.25) is 0 Å². The van der Waals surface area contributed by atoms with Crippen LogP contribution in [0.1, 0.15) is 149 Å². The molecule has 0 bridgehead atoms. The van der Waals surface area contributed by atoms with E-state index in [-0.39, 0.29) is 0 Å². The van der Waals surface area contributed by atoms with Crippen LogP contribution >= 0.6 is 0 Å². The van der Waals surface area contributed by atoms with Crippen molar-refractivity contribution in [3.05, 3.63) is 24.8 Å². The number of carboxylic acids is 3. The third-order valence-electron chi connectivity index (χ3n) is 5.80. The Kier molecular flexibility index (Phi) is 35.1. The van der Waals surface area contributed by atoms with Crippen molar-refractivity contribution >= 4 is 17.9 Å². The number of carboxylic acid groups (broad SMARTS) is 3. The zero-order chi connectivity index (χ0) is 27.9. The predicted octanol–water partition coefficient (Wildman–Crippen LogP) is 9.19. The van der Waals surface area contributed by atoms with E-state index in [0.717, 1.165) is 31.8 Å². The summed E-state index contributed by atoms with van der Waals surface area (Å²) in [6.45, 7) is 11.0. The summed E-state index contributed by atoms with van der Waals surface area (Å²) in [7, 11) is 0. The van der Waals surface area contributed by atoms with Gasteiger partial charge in [-0.3, -0.25) is 4.79 Å². The van der Waals surface area contributed by atoms with Crippen LogP contribution in [0.3, 0.4) is 0 Å². The van der Waals surface area contributed by atoms with E-state index in [1.165, 1.54) is 96.3 Å². The summed E-state index contributed by atoms with van der Waals surface area (Å²) in [6.07, 6.45) is 25.8. The van der Waals surface area contributed by atoms with Crippen LogP contribution in [0.15, 0.2) is 24.8 Å². The maximum atomic E-state index is 10.5. The topological polar surface area (TPSA) is 112 Å². The molecule has 0 spiro atoms. The summed E-state index contributed by atoms with van der Waals surface area (Å²) >= 11 is 0. The maximum Gasteiger partial charge on any atom is 0.330 e. The number of carbonyl (C=O) groups is 3. The first-order valence-corrected chi connectivity index (χ1v) is 14.2. The van der Waals surface area contributed by atoms with Crippen LogP contribution in [0.4, 0.5) is 0 Å². The number of aliphatic carboxylic acids is 3. The van der Waals surface area contributed by atoms with Crippen molar-refractivity contribution in [2.24, 2.45) is 0 Å². The highest BCUT2D eigenvalue weighted by Gasteiger charge is 2.02. The summed E-state index contributed by atoms with van der Waals surface area (Å²) in [5.74, 6) is -2.49. The number of rotatable bonds is 23. The highest BCUT2D eigenvalue weighted by Crippen LogP contribution is 2.13. The number of hydrogen-bond acceptors (Lipinski definition) is 3. The van der Waals surface area contributed by atoms with Gasteiger partial charge in [0.15, 0.2) is 0 Å². The first kappa shape index (κ1) is 38.4. The third-order valence-corrected chi connectivity index (χ3v) is 5.80. The van der Waals surface area contributed by atoms with Crippen LogP contribution in [0.25, 0.3) is 0 Å². The third kappa shape index (κ3) is 42.1. The molecule has 6 nitrogen and oxygen atoms in total. The molecule has 0 rings (SSSR count). The zero-order valence-corrected chi connectivity index (χ0v) is 23.4. The van der Waals surface area contributed by atoms with Gasteiger partial charge in [-0.1, -0.05) is 136 Å². The van der Waals surface area contributed by atoms with Gasteiger partial charge in [0, 0.05) is 18.1 Å². The fourth-order valence-corrected chi connectivity index (χ4v) is 3.52. The lowest BCUT2D eigenvalue weighted by Gasteiger charge is -2.02. The summed E-state index contributed by atoms with van der Waals surface area (Å²) in [5.41, 5.74) is 0.351. The van der Waals surface area contributed by atoms with E-state index in [1.807, 2.05) is 0 Å². The lowest BCUT2D eigenvalue weighted by Crippen LogP contribution is -1.98. The molecule has 0 fully saturated rings. The molecule has 0 radical (unpaired) electrons. The Bertz CT molecular complexity index is 542. The molecule has 3 N–H and O–H groups in total. The smallest absolute Gasteiger partial charge is 0.330 e. The van der Waals surface area contributed by atoms with Gasteiger partial charge in [-0.15, -0.1) is 0 Å². The van der Waals surface area contributed by atoms with Gasteiger partial charge in [0.05, 0.1) is 0 Å². The number of unbranched alkanes of at least 4 members (excludes halogenated alkanes) is 17. The fourth-order valence-electron chi connectivity index (χ4n) is 3.52. The van der Waals surface area contributed by atoms with Crippen LogP contribution < -0.4 is 0 Å². The highest BCUT2D eigenvalue weighted by atomic mass is 16.4. The lowest BCUT2D eigenvalue weighted by molar-refractivity contribution is -0.137. The molecule has 0 aromatic carbocycles.